The second kappa shape index (κ2) is 6.24. The van der Waals surface area contributed by atoms with Gasteiger partial charge in [-0.3, -0.25) is 9.11 Å². The molecule has 4 nitrogen and oxygen atoms in total. The van der Waals surface area contributed by atoms with Crippen LogP contribution in [-0.2, 0) is 10.8 Å². The molecule has 0 aliphatic carbocycles. The number of aliphatic hydroxyl groups is 1. The lowest BCUT2D eigenvalue weighted by molar-refractivity contribution is 0.109. The summed E-state index contributed by atoms with van der Waals surface area (Å²) in [6.45, 7) is 6.13. The number of benzene rings is 1. The molecule has 112 valence electrons. The van der Waals surface area contributed by atoms with E-state index in [4.69, 9.17) is 4.74 Å². The highest BCUT2D eigenvalue weighted by Crippen LogP contribution is 2.24. The van der Waals surface area contributed by atoms with E-state index in [1.807, 2.05) is 38.1 Å². The first-order valence-corrected chi connectivity index (χ1v) is 8.17. The molecule has 0 spiro atoms. The van der Waals surface area contributed by atoms with Gasteiger partial charge in [-0.15, -0.1) is 0 Å². The SMILES string of the molecule is COc1cccc(C(O)CN2CCS(=O)C(C)(C)C2)c1. The van der Waals surface area contributed by atoms with E-state index < -0.39 is 16.9 Å². The highest BCUT2D eigenvalue weighted by atomic mass is 32.2. The topological polar surface area (TPSA) is 49.8 Å². The smallest absolute Gasteiger partial charge is 0.119 e. The van der Waals surface area contributed by atoms with Crippen LogP contribution in [0.3, 0.4) is 0 Å². The second-order valence-corrected chi connectivity index (χ2v) is 8.04. The van der Waals surface area contributed by atoms with Gasteiger partial charge in [0.1, 0.15) is 5.75 Å². The van der Waals surface area contributed by atoms with Gasteiger partial charge in [0.05, 0.1) is 18.0 Å². The fourth-order valence-electron chi connectivity index (χ4n) is 2.53. The molecule has 0 saturated carbocycles. The van der Waals surface area contributed by atoms with Gasteiger partial charge in [0.15, 0.2) is 0 Å². The monoisotopic (exact) mass is 297 g/mol. The maximum atomic E-state index is 11.9. The van der Waals surface area contributed by atoms with Gasteiger partial charge >= 0.3 is 0 Å². The normalized spacial score (nSPS) is 24.3. The summed E-state index contributed by atoms with van der Waals surface area (Å²) in [5.41, 5.74) is 0.855. The van der Waals surface area contributed by atoms with Crippen LogP contribution in [0.1, 0.15) is 25.5 Å². The quantitative estimate of drug-likeness (QED) is 0.916. The fourth-order valence-corrected chi connectivity index (χ4v) is 3.84. The number of nitrogens with zero attached hydrogens (tertiary/aromatic N) is 1. The van der Waals surface area contributed by atoms with Crippen molar-refractivity contribution >= 4 is 10.8 Å². The molecule has 0 amide bonds. The standard InChI is InChI=1S/C15H23NO3S/c1-15(2)11-16(7-8-20(15)18)10-14(17)12-5-4-6-13(9-12)19-3/h4-6,9,14,17H,7-8,10-11H2,1-3H3. The third-order valence-corrected chi connectivity index (χ3v) is 5.64. The van der Waals surface area contributed by atoms with Crippen LogP contribution in [0.4, 0.5) is 0 Å². The molecule has 1 saturated heterocycles. The number of β-amino-alcohol motifs (C(OH)–C–C–N with tert-alkyl or cyclic N) is 1. The summed E-state index contributed by atoms with van der Waals surface area (Å²) < 4.78 is 16.9. The number of hydrogen-bond donors (Lipinski definition) is 1. The molecule has 5 heteroatoms. The average Bonchev–Trinajstić information content (AvgIpc) is 2.42. The van der Waals surface area contributed by atoms with E-state index in [9.17, 15) is 9.32 Å². The molecule has 0 radical (unpaired) electrons. The van der Waals surface area contributed by atoms with Crippen LogP contribution in [0.15, 0.2) is 24.3 Å². The Morgan fingerprint density at radius 3 is 2.90 bits per heavy atom. The summed E-state index contributed by atoms with van der Waals surface area (Å²) in [5, 5.41) is 10.4. The fraction of sp³-hybridized carbons (Fsp3) is 0.600. The zero-order valence-corrected chi connectivity index (χ0v) is 13.2. The average molecular weight is 297 g/mol. The molecule has 1 aromatic rings. The number of methoxy groups -OCH3 is 1. The van der Waals surface area contributed by atoms with Crippen molar-refractivity contribution in [3.63, 3.8) is 0 Å². The Bertz CT molecular complexity index is 490. The lowest BCUT2D eigenvalue weighted by Crippen LogP contribution is -2.50. The Morgan fingerprint density at radius 2 is 2.25 bits per heavy atom. The summed E-state index contributed by atoms with van der Waals surface area (Å²) in [6.07, 6.45) is -0.549. The van der Waals surface area contributed by atoms with E-state index in [1.54, 1.807) is 7.11 Å². The number of rotatable bonds is 4. The van der Waals surface area contributed by atoms with Crippen LogP contribution >= 0.6 is 0 Å². The maximum Gasteiger partial charge on any atom is 0.119 e. The van der Waals surface area contributed by atoms with E-state index in [2.05, 4.69) is 4.90 Å². The van der Waals surface area contributed by atoms with E-state index in [1.165, 1.54) is 0 Å². The van der Waals surface area contributed by atoms with Crippen molar-refractivity contribution in [2.24, 2.45) is 0 Å². The highest BCUT2D eigenvalue weighted by molar-refractivity contribution is 7.86. The third-order valence-electron chi connectivity index (χ3n) is 3.72. The van der Waals surface area contributed by atoms with Crippen LogP contribution in [0.2, 0.25) is 0 Å². The minimum absolute atomic E-state index is 0.202. The van der Waals surface area contributed by atoms with Gasteiger partial charge in [0.25, 0.3) is 0 Å². The summed E-state index contributed by atoms with van der Waals surface area (Å²) in [4.78, 5) is 2.19. The zero-order chi connectivity index (χ0) is 14.8. The molecule has 1 heterocycles. The van der Waals surface area contributed by atoms with Crippen molar-refractivity contribution in [1.82, 2.24) is 4.90 Å². The molecule has 2 unspecified atom stereocenters. The van der Waals surface area contributed by atoms with Crippen molar-refractivity contribution in [3.05, 3.63) is 29.8 Å². The summed E-state index contributed by atoms with van der Waals surface area (Å²) in [6, 6.07) is 7.51. The summed E-state index contributed by atoms with van der Waals surface area (Å²) >= 11 is 0. The predicted molar refractivity (Wildman–Crippen MR) is 81.5 cm³/mol. The third kappa shape index (κ3) is 3.59. The van der Waals surface area contributed by atoms with Crippen molar-refractivity contribution in [2.45, 2.75) is 24.7 Å². The molecule has 2 atom stereocenters. The first-order chi connectivity index (χ1) is 9.42. The first kappa shape index (κ1) is 15.5. The molecule has 1 fully saturated rings. The molecule has 1 aliphatic rings. The molecule has 20 heavy (non-hydrogen) atoms. The van der Waals surface area contributed by atoms with E-state index in [-0.39, 0.29) is 4.75 Å². The van der Waals surface area contributed by atoms with Crippen molar-refractivity contribution < 1.29 is 14.1 Å². The minimum Gasteiger partial charge on any atom is -0.497 e. The zero-order valence-electron chi connectivity index (χ0n) is 12.3. The van der Waals surface area contributed by atoms with Crippen LogP contribution in [0, 0.1) is 0 Å². The predicted octanol–water partition coefficient (Wildman–Crippen LogP) is 1.57. The van der Waals surface area contributed by atoms with Gasteiger partial charge in [-0.2, -0.15) is 0 Å². The summed E-state index contributed by atoms with van der Waals surface area (Å²) in [5.74, 6) is 1.43. The van der Waals surface area contributed by atoms with Gasteiger partial charge < -0.3 is 9.84 Å². The Labute approximate surface area is 123 Å². The Morgan fingerprint density at radius 1 is 1.50 bits per heavy atom. The van der Waals surface area contributed by atoms with E-state index in [0.29, 0.717) is 12.3 Å². The van der Waals surface area contributed by atoms with Crippen LogP contribution in [-0.4, -0.2) is 51.5 Å². The molecule has 0 aromatic heterocycles. The Hall–Kier alpha value is -0.910. The molecule has 1 aliphatic heterocycles. The van der Waals surface area contributed by atoms with Crippen molar-refractivity contribution in [3.8, 4) is 5.75 Å². The Kier molecular flexibility index (Phi) is 4.83. The highest BCUT2D eigenvalue weighted by Gasteiger charge is 2.33. The lowest BCUT2D eigenvalue weighted by atomic mass is 10.1. The van der Waals surface area contributed by atoms with Crippen LogP contribution in [0.5, 0.6) is 5.75 Å². The van der Waals surface area contributed by atoms with Gasteiger partial charge in [-0.05, 0) is 31.5 Å². The molecule has 0 bridgehead atoms. The van der Waals surface area contributed by atoms with Crippen LogP contribution in [0.25, 0.3) is 0 Å². The number of aliphatic hydroxyl groups excluding tert-OH is 1. The second-order valence-electron chi connectivity index (χ2n) is 5.84. The lowest BCUT2D eigenvalue weighted by Gasteiger charge is -2.38. The van der Waals surface area contributed by atoms with E-state index in [0.717, 1.165) is 24.4 Å². The van der Waals surface area contributed by atoms with Gasteiger partial charge in [-0.25, -0.2) is 0 Å². The van der Waals surface area contributed by atoms with Gasteiger partial charge in [-0.1, -0.05) is 12.1 Å². The first-order valence-electron chi connectivity index (χ1n) is 6.85. The minimum atomic E-state index is -0.779. The molecular formula is C15H23NO3S. The largest absolute Gasteiger partial charge is 0.497 e. The van der Waals surface area contributed by atoms with Crippen molar-refractivity contribution in [1.29, 1.82) is 0 Å². The summed E-state index contributed by atoms with van der Waals surface area (Å²) in [7, 11) is 0.840. The van der Waals surface area contributed by atoms with Gasteiger partial charge in [0.2, 0.25) is 0 Å². The molecular weight excluding hydrogens is 274 g/mol. The number of ether oxygens (including phenoxy) is 1. The maximum absolute atomic E-state index is 11.9. The molecule has 1 N–H and O–H groups in total. The number of hydrogen-bond acceptors (Lipinski definition) is 4. The van der Waals surface area contributed by atoms with Crippen LogP contribution < -0.4 is 4.74 Å². The van der Waals surface area contributed by atoms with Gasteiger partial charge in [0, 0.05) is 36.2 Å². The molecule has 1 aromatic carbocycles. The molecule has 2 rings (SSSR count). The van der Waals surface area contributed by atoms with Crippen molar-refractivity contribution in [2.75, 3.05) is 32.5 Å². The van der Waals surface area contributed by atoms with E-state index >= 15 is 0 Å². The Balaban J connectivity index is 2.00.